The smallest absolute Gasteiger partial charge is 0.417 e. The molecule has 8 nitrogen and oxygen atoms in total. The lowest BCUT2D eigenvalue weighted by Gasteiger charge is -2.33. The second kappa shape index (κ2) is 8.76. The maximum Gasteiger partial charge on any atom is 0.417 e. The number of ether oxygens (including phenoxy) is 1. The number of nitrogens with one attached hydrogen (secondary N) is 1. The average Bonchev–Trinajstić information content (AvgIpc) is 3.37. The molecule has 2 fully saturated rings. The van der Waals surface area contributed by atoms with Crippen LogP contribution in [0.5, 0.6) is 0 Å². The summed E-state index contributed by atoms with van der Waals surface area (Å²) < 4.78 is 10.5. The standard InChI is InChI=1S/C23H21Cl2N3O5/c24-17-5-13(6-18(25)8-17)12-32-23(31)27-4-3-15-9-28(11-16(15)10-27)21(29)14-1-2-19-20(7-14)33-22(30)26-19/h1-2,5-8,15-16H,3-4,9-12H2,(H,26,30). The zero-order valence-corrected chi connectivity index (χ0v) is 19.1. The normalized spacial score (nSPS) is 20.2. The van der Waals surface area contributed by atoms with Gasteiger partial charge in [-0.3, -0.25) is 9.78 Å². The van der Waals surface area contributed by atoms with Crippen LogP contribution in [0, 0.1) is 11.8 Å². The van der Waals surface area contributed by atoms with Crippen molar-refractivity contribution in [1.29, 1.82) is 0 Å². The summed E-state index contributed by atoms with van der Waals surface area (Å²) in [5.41, 5.74) is 2.11. The Morgan fingerprint density at radius 1 is 1.03 bits per heavy atom. The third-order valence-electron chi connectivity index (χ3n) is 6.30. The Morgan fingerprint density at radius 3 is 2.55 bits per heavy atom. The molecule has 2 amide bonds. The van der Waals surface area contributed by atoms with Crippen LogP contribution in [-0.2, 0) is 11.3 Å². The average molecular weight is 490 g/mol. The van der Waals surface area contributed by atoms with E-state index in [1.54, 1.807) is 41.3 Å². The number of hydrogen-bond donors (Lipinski definition) is 1. The lowest BCUT2D eigenvalue weighted by molar-refractivity contribution is 0.0729. The van der Waals surface area contributed by atoms with Crippen LogP contribution < -0.4 is 5.76 Å². The number of piperidine rings is 1. The predicted molar refractivity (Wildman–Crippen MR) is 123 cm³/mol. The summed E-state index contributed by atoms with van der Waals surface area (Å²) in [6.45, 7) is 2.41. The summed E-state index contributed by atoms with van der Waals surface area (Å²) in [6, 6.07) is 9.99. The fraction of sp³-hybridized carbons (Fsp3) is 0.348. The van der Waals surface area contributed by atoms with Crippen LogP contribution in [0.25, 0.3) is 11.1 Å². The summed E-state index contributed by atoms with van der Waals surface area (Å²) in [5, 5.41) is 0.978. The van der Waals surface area contributed by atoms with Crippen LogP contribution in [0.15, 0.2) is 45.6 Å². The number of aromatic nitrogens is 1. The van der Waals surface area contributed by atoms with Gasteiger partial charge in [0.25, 0.3) is 5.91 Å². The van der Waals surface area contributed by atoms with Crippen LogP contribution in [0.3, 0.4) is 0 Å². The minimum atomic E-state index is -0.549. The highest BCUT2D eigenvalue weighted by molar-refractivity contribution is 6.34. The monoisotopic (exact) mass is 489 g/mol. The van der Waals surface area contributed by atoms with E-state index >= 15 is 0 Å². The summed E-state index contributed by atoms with van der Waals surface area (Å²) in [4.78, 5) is 43.1. The molecule has 0 spiro atoms. The van der Waals surface area contributed by atoms with E-state index in [4.69, 9.17) is 32.4 Å². The van der Waals surface area contributed by atoms with Gasteiger partial charge >= 0.3 is 11.8 Å². The molecule has 0 aliphatic carbocycles. The largest absolute Gasteiger partial charge is 0.445 e. The topological polar surface area (TPSA) is 95.9 Å². The third-order valence-corrected chi connectivity index (χ3v) is 6.74. The van der Waals surface area contributed by atoms with Crippen LogP contribution in [-0.4, -0.2) is 53.0 Å². The number of carbonyl (C=O) groups is 2. The minimum Gasteiger partial charge on any atom is -0.445 e. The minimum absolute atomic E-state index is 0.0894. The van der Waals surface area contributed by atoms with Crippen molar-refractivity contribution in [2.45, 2.75) is 13.0 Å². The fourth-order valence-corrected chi connectivity index (χ4v) is 5.26. The summed E-state index contributed by atoms with van der Waals surface area (Å²) in [6.07, 6.45) is 0.417. The lowest BCUT2D eigenvalue weighted by atomic mass is 9.89. The molecular formula is C23H21Cl2N3O5. The zero-order chi connectivity index (χ0) is 23.1. The fourth-order valence-electron chi connectivity index (χ4n) is 4.69. The van der Waals surface area contributed by atoms with E-state index in [0.717, 1.165) is 12.0 Å². The maximum absolute atomic E-state index is 13.0. The molecule has 1 aromatic heterocycles. The second-order valence-corrected chi connectivity index (χ2v) is 9.40. The maximum atomic E-state index is 13.0. The van der Waals surface area contributed by atoms with Crippen molar-refractivity contribution in [3.05, 3.63) is 68.1 Å². The van der Waals surface area contributed by atoms with Crippen molar-refractivity contribution in [2.75, 3.05) is 26.2 Å². The first-order chi connectivity index (χ1) is 15.9. The van der Waals surface area contributed by atoms with Gasteiger partial charge in [0.05, 0.1) is 5.52 Å². The Bertz CT molecular complexity index is 1270. The molecule has 2 aromatic carbocycles. The predicted octanol–water partition coefficient (Wildman–Crippen LogP) is 4.16. The number of benzene rings is 2. The highest BCUT2D eigenvalue weighted by atomic mass is 35.5. The van der Waals surface area contributed by atoms with E-state index in [1.807, 2.05) is 4.90 Å². The number of fused-ring (bicyclic) bond motifs is 2. The van der Waals surface area contributed by atoms with Crippen LogP contribution in [0.1, 0.15) is 22.3 Å². The van der Waals surface area contributed by atoms with E-state index in [-0.39, 0.29) is 24.5 Å². The number of oxazole rings is 1. The second-order valence-electron chi connectivity index (χ2n) is 8.52. The first kappa shape index (κ1) is 21.9. The van der Waals surface area contributed by atoms with Gasteiger partial charge in [-0.2, -0.15) is 0 Å². The van der Waals surface area contributed by atoms with Gasteiger partial charge in [-0.25, -0.2) is 9.59 Å². The van der Waals surface area contributed by atoms with Gasteiger partial charge in [-0.05, 0) is 60.2 Å². The van der Waals surface area contributed by atoms with E-state index in [0.29, 0.717) is 58.8 Å². The molecule has 2 aliphatic rings. The molecule has 0 saturated carbocycles. The van der Waals surface area contributed by atoms with Gasteiger partial charge in [0.1, 0.15) is 6.61 Å². The molecule has 1 N–H and O–H groups in total. The summed E-state index contributed by atoms with van der Waals surface area (Å²) >= 11 is 12.0. The Morgan fingerprint density at radius 2 is 1.76 bits per heavy atom. The van der Waals surface area contributed by atoms with Crippen molar-refractivity contribution >= 4 is 46.3 Å². The van der Waals surface area contributed by atoms with E-state index in [9.17, 15) is 14.4 Å². The Labute approximate surface area is 199 Å². The van der Waals surface area contributed by atoms with E-state index in [2.05, 4.69) is 4.98 Å². The molecule has 10 heteroatoms. The number of carbonyl (C=O) groups excluding carboxylic acids is 2. The first-order valence-electron chi connectivity index (χ1n) is 10.6. The Balaban J connectivity index is 1.19. The van der Waals surface area contributed by atoms with Crippen molar-refractivity contribution in [3.8, 4) is 0 Å². The lowest BCUT2D eigenvalue weighted by Crippen LogP contribution is -2.43. The third kappa shape index (κ3) is 4.58. The van der Waals surface area contributed by atoms with Crippen molar-refractivity contribution in [1.82, 2.24) is 14.8 Å². The first-order valence-corrected chi connectivity index (χ1v) is 11.4. The van der Waals surface area contributed by atoms with Gasteiger partial charge < -0.3 is 19.0 Å². The highest BCUT2D eigenvalue weighted by Crippen LogP contribution is 2.32. The van der Waals surface area contributed by atoms with Crippen molar-refractivity contribution in [3.63, 3.8) is 0 Å². The number of halogens is 2. The Hall–Kier alpha value is -2.97. The number of H-pyrrole nitrogens is 1. The van der Waals surface area contributed by atoms with Crippen molar-refractivity contribution < 1.29 is 18.7 Å². The molecule has 5 rings (SSSR count). The Kier molecular flexibility index (Phi) is 5.80. The van der Waals surface area contributed by atoms with E-state index in [1.165, 1.54) is 0 Å². The molecule has 3 heterocycles. The highest BCUT2D eigenvalue weighted by Gasteiger charge is 2.40. The molecule has 2 unspecified atom stereocenters. The van der Waals surface area contributed by atoms with Gasteiger partial charge in [0, 0.05) is 41.8 Å². The number of aromatic amines is 1. The number of hydrogen-bond acceptors (Lipinski definition) is 5. The molecule has 33 heavy (non-hydrogen) atoms. The summed E-state index contributed by atoms with van der Waals surface area (Å²) in [5.74, 6) is -0.141. The zero-order valence-electron chi connectivity index (χ0n) is 17.6. The van der Waals surface area contributed by atoms with E-state index < -0.39 is 5.76 Å². The number of likely N-dealkylation sites (tertiary alicyclic amines) is 2. The van der Waals surface area contributed by atoms with Crippen molar-refractivity contribution in [2.24, 2.45) is 11.8 Å². The summed E-state index contributed by atoms with van der Waals surface area (Å²) in [7, 11) is 0. The molecule has 172 valence electrons. The number of nitrogens with zero attached hydrogens (tertiary/aromatic N) is 2. The molecule has 2 saturated heterocycles. The quantitative estimate of drug-likeness (QED) is 0.595. The molecule has 0 radical (unpaired) electrons. The van der Waals surface area contributed by atoms with Gasteiger partial charge in [-0.15, -0.1) is 0 Å². The van der Waals surface area contributed by atoms with Gasteiger partial charge in [0.2, 0.25) is 0 Å². The number of rotatable bonds is 3. The molecule has 2 aliphatic heterocycles. The van der Waals surface area contributed by atoms with Gasteiger partial charge in [0.15, 0.2) is 5.58 Å². The van der Waals surface area contributed by atoms with Crippen LogP contribution >= 0.6 is 23.2 Å². The molecule has 2 atom stereocenters. The molecule has 0 bridgehead atoms. The van der Waals surface area contributed by atoms with Crippen LogP contribution in [0.4, 0.5) is 4.79 Å². The number of amides is 2. The van der Waals surface area contributed by atoms with Crippen LogP contribution in [0.2, 0.25) is 10.0 Å². The van der Waals surface area contributed by atoms with Gasteiger partial charge in [-0.1, -0.05) is 23.2 Å². The molecular weight excluding hydrogens is 469 g/mol. The SMILES string of the molecule is O=C(OCc1cc(Cl)cc(Cl)c1)N1CCC2CN(C(=O)c3ccc4[nH]c(=O)oc4c3)CC2C1. The molecule has 3 aromatic rings.